The topological polar surface area (TPSA) is 223 Å². The van der Waals surface area contributed by atoms with E-state index in [2.05, 4.69) is 55.2 Å². The van der Waals surface area contributed by atoms with Gasteiger partial charge in [0.15, 0.2) is 5.82 Å². The maximum atomic E-state index is 12.9. The predicted molar refractivity (Wildman–Crippen MR) is 247 cm³/mol. The molecular formula is C46H74N8O11. The number of carboxylic acids is 1. The van der Waals surface area contributed by atoms with E-state index >= 15 is 0 Å². The number of anilines is 2. The van der Waals surface area contributed by atoms with Crippen molar-refractivity contribution in [2.24, 2.45) is 5.92 Å². The van der Waals surface area contributed by atoms with E-state index in [0.717, 1.165) is 79.2 Å². The summed E-state index contributed by atoms with van der Waals surface area (Å²) in [5.74, 6) is 0.0509. The predicted octanol–water partition coefficient (Wildman–Crippen LogP) is 3.81. The van der Waals surface area contributed by atoms with Gasteiger partial charge >= 0.3 is 5.97 Å². The highest BCUT2D eigenvalue weighted by Crippen LogP contribution is 2.28. The van der Waals surface area contributed by atoms with Gasteiger partial charge < -0.3 is 64.1 Å². The van der Waals surface area contributed by atoms with Gasteiger partial charge in [0.1, 0.15) is 11.3 Å². The summed E-state index contributed by atoms with van der Waals surface area (Å²) in [4.78, 5) is 49.2. The fraction of sp³-hybridized carbons (Fsp3) is 0.674. The number of carbonyl (C=O) groups is 3. The number of hydrogen-bond donors (Lipinski definition) is 4. The molecule has 1 unspecified atom stereocenters. The van der Waals surface area contributed by atoms with Crippen molar-refractivity contribution in [2.75, 3.05) is 137 Å². The van der Waals surface area contributed by atoms with Crippen molar-refractivity contribution in [3.05, 3.63) is 41.6 Å². The first-order chi connectivity index (χ1) is 31.7. The number of nitrogens with one attached hydrogen (secondary N) is 2. The molecule has 0 bridgehead atoms. The molecule has 1 saturated heterocycles. The third-order valence-electron chi connectivity index (χ3n) is 10.8. The number of methoxy groups -OCH3 is 1. The molecule has 0 spiro atoms. The third-order valence-corrected chi connectivity index (χ3v) is 10.8. The van der Waals surface area contributed by atoms with Crippen molar-refractivity contribution < 1.29 is 52.6 Å². The Balaban J connectivity index is 0.959. The minimum Gasteiger partial charge on any atom is -0.496 e. The van der Waals surface area contributed by atoms with Gasteiger partial charge in [-0.05, 0) is 30.5 Å². The van der Waals surface area contributed by atoms with E-state index in [-0.39, 0.29) is 24.2 Å². The van der Waals surface area contributed by atoms with Crippen molar-refractivity contribution in [1.82, 2.24) is 29.7 Å². The van der Waals surface area contributed by atoms with Gasteiger partial charge in [-0.25, -0.2) is 4.98 Å². The summed E-state index contributed by atoms with van der Waals surface area (Å²) in [5.41, 5.74) is 9.96. The average molecular weight is 915 g/mol. The molecule has 19 heteroatoms. The number of nitrogen functional groups attached to an aromatic ring is 1. The molecule has 2 aromatic heterocycles. The van der Waals surface area contributed by atoms with E-state index in [1.165, 1.54) is 0 Å². The molecule has 3 aromatic rings. The van der Waals surface area contributed by atoms with Crippen molar-refractivity contribution in [2.45, 2.75) is 71.9 Å². The number of nitrogens with two attached hydrogens (primary N) is 1. The number of fused-ring (bicyclic) bond motifs is 1. The third kappa shape index (κ3) is 20.2. The molecule has 1 atom stereocenters. The van der Waals surface area contributed by atoms with Crippen molar-refractivity contribution in [1.29, 1.82) is 0 Å². The smallest absolute Gasteiger partial charge is 0.307 e. The SMILES string of the molecule is CCCCCNc1nc(N)nc2ccn(Cc3ccc(CN4CCN(C(=O)CCOCCOCCOCCOCCOCCOCCNC(=O)CC(CCC)C(=O)O)CC4)cc3OC)c12. The molecule has 4 rings (SSSR count). The highest BCUT2D eigenvalue weighted by Gasteiger charge is 2.22. The first-order valence-corrected chi connectivity index (χ1v) is 23.2. The lowest BCUT2D eigenvalue weighted by atomic mass is 10.00. The fourth-order valence-corrected chi connectivity index (χ4v) is 7.32. The molecule has 1 fully saturated rings. The molecule has 5 N–H and O–H groups in total. The summed E-state index contributed by atoms with van der Waals surface area (Å²) < 4.78 is 41.1. The van der Waals surface area contributed by atoms with E-state index in [1.807, 2.05) is 24.1 Å². The Kier molecular flexibility index (Phi) is 25.5. The molecular weight excluding hydrogens is 841 g/mol. The number of hydrogen-bond acceptors (Lipinski definition) is 15. The molecule has 0 radical (unpaired) electrons. The Morgan fingerprint density at radius 2 is 1.40 bits per heavy atom. The van der Waals surface area contributed by atoms with Crippen molar-refractivity contribution in [3.8, 4) is 5.75 Å². The van der Waals surface area contributed by atoms with Gasteiger partial charge in [0.2, 0.25) is 17.8 Å². The van der Waals surface area contributed by atoms with Gasteiger partial charge in [0, 0.05) is 64.0 Å². The lowest BCUT2D eigenvalue weighted by Crippen LogP contribution is -2.48. The van der Waals surface area contributed by atoms with Crippen LogP contribution in [0.1, 0.15) is 69.9 Å². The lowest BCUT2D eigenvalue weighted by Gasteiger charge is -2.35. The van der Waals surface area contributed by atoms with Gasteiger partial charge in [-0.1, -0.05) is 45.2 Å². The van der Waals surface area contributed by atoms with Crippen LogP contribution in [0.2, 0.25) is 0 Å². The fourth-order valence-electron chi connectivity index (χ4n) is 7.32. The monoisotopic (exact) mass is 915 g/mol. The lowest BCUT2D eigenvalue weighted by molar-refractivity contribution is -0.144. The highest BCUT2D eigenvalue weighted by atomic mass is 16.6. The molecule has 3 heterocycles. The highest BCUT2D eigenvalue weighted by molar-refractivity contribution is 5.87. The molecule has 1 aliphatic heterocycles. The van der Waals surface area contributed by atoms with E-state index in [4.69, 9.17) is 44.0 Å². The Labute approximate surface area is 383 Å². The van der Waals surface area contributed by atoms with Crippen LogP contribution >= 0.6 is 0 Å². The summed E-state index contributed by atoms with van der Waals surface area (Å²) in [6.45, 7) is 14.4. The maximum absolute atomic E-state index is 12.9. The Morgan fingerprint density at radius 3 is 2.00 bits per heavy atom. The molecule has 1 aliphatic rings. The number of aliphatic carboxylic acids is 1. The number of piperazine rings is 1. The summed E-state index contributed by atoms with van der Waals surface area (Å²) in [6.07, 6.45) is 6.89. The van der Waals surface area contributed by atoms with Crippen LogP contribution in [0, 0.1) is 5.92 Å². The first kappa shape index (κ1) is 53.0. The molecule has 19 nitrogen and oxygen atoms in total. The number of benzene rings is 1. The van der Waals surface area contributed by atoms with Crippen LogP contribution in [0.25, 0.3) is 11.0 Å². The van der Waals surface area contributed by atoms with E-state index in [1.54, 1.807) is 7.11 Å². The number of aromatic nitrogens is 3. The zero-order chi connectivity index (χ0) is 46.5. The maximum Gasteiger partial charge on any atom is 0.307 e. The number of unbranched alkanes of at least 4 members (excludes halogenated alkanes) is 2. The number of amides is 2. The molecule has 364 valence electrons. The quantitative estimate of drug-likeness (QED) is 0.0609. The van der Waals surface area contributed by atoms with Gasteiger partial charge in [0.25, 0.3) is 0 Å². The van der Waals surface area contributed by atoms with E-state index in [9.17, 15) is 14.4 Å². The first-order valence-electron chi connectivity index (χ1n) is 23.2. The van der Waals surface area contributed by atoms with Crippen molar-refractivity contribution >= 4 is 40.6 Å². The summed E-state index contributed by atoms with van der Waals surface area (Å²) in [6, 6.07) is 8.35. The molecule has 65 heavy (non-hydrogen) atoms. The Morgan fingerprint density at radius 1 is 0.769 bits per heavy atom. The summed E-state index contributed by atoms with van der Waals surface area (Å²) in [5, 5.41) is 15.3. The molecule has 2 amide bonds. The summed E-state index contributed by atoms with van der Waals surface area (Å²) >= 11 is 0. The zero-order valence-electron chi connectivity index (χ0n) is 38.9. The average Bonchev–Trinajstić information content (AvgIpc) is 3.70. The number of carboxylic acid groups (broad SMARTS) is 1. The number of rotatable bonds is 36. The van der Waals surface area contributed by atoms with Gasteiger partial charge in [-0.15, -0.1) is 0 Å². The van der Waals surface area contributed by atoms with Crippen molar-refractivity contribution in [3.63, 3.8) is 0 Å². The molecule has 0 aliphatic carbocycles. The van der Waals surface area contributed by atoms with Gasteiger partial charge in [-0.2, -0.15) is 4.98 Å². The second-order valence-electron chi connectivity index (χ2n) is 15.8. The van der Waals surface area contributed by atoms with Crippen LogP contribution < -0.4 is 21.1 Å². The van der Waals surface area contributed by atoms with Crippen LogP contribution in [0.3, 0.4) is 0 Å². The van der Waals surface area contributed by atoms with E-state index < -0.39 is 11.9 Å². The second kappa shape index (κ2) is 31.3. The standard InChI is InChI=1S/C46H74N8O11/c1-4-6-7-13-49-44-43-39(50-46(47)51-44)11-15-54(43)35-38-10-9-36(32-40(38)59-3)34-52-16-18-53(19-17-52)42(56)12-20-60-22-24-62-26-28-64-30-31-65-29-27-63-25-23-61-21-14-48-41(55)33-37(8-5-2)45(57)58/h9-11,15,32,37H,4-8,12-14,16-31,33-35H2,1-3H3,(H,48,55)(H,57,58)(H3,47,49,50,51). The number of carbonyl (C=O) groups excluding carboxylic acids is 2. The Hall–Kier alpha value is -4.63. The van der Waals surface area contributed by atoms with E-state index in [0.29, 0.717) is 125 Å². The minimum atomic E-state index is -0.943. The summed E-state index contributed by atoms with van der Waals surface area (Å²) in [7, 11) is 1.70. The zero-order valence-corrected chi connectivity index (χ0v) is 38.9. The van der Waals surface area contributed by atoms with Crippen LogP contribution in [-0.2, 0) is 55.9 Å². The molecule has 1 aromatic carbocycles. The van der Waals surface area contributed by atoms with Gasteiger partial charge in [0.05, 0.1) is 111 Å². The minimum absolute atomic E-state index is 0.0205. The number of nitrogens with zero attached hydrogens (tertiary/aromatic N) is 5. The second-order valence-corrected chi connectivity index (χ2v) is 15.8. The van der Waals surface area contributed by atoms with Gasteiger partial charge in [-0.3, -0.25) is 19.3 Å². The van der Waals surface area contributed by atoms with Crippen LogP contribution in [0.15, 0.2) is 30.5 Å². The van der Waals surface area contributed by atoms with Crippen LogP contribution in [0.4, 0.5) is 11.8 Å². The van der Waals surface area contributed by atoms with Crippen LogP contribution in [0.5, 0.6) is 5.75 Å². The Bertz CT molecular complexity index is 1820. The normalized spacial score (nSPS) is 13.6. The number of ether oxygens (including phenoxy) is 7. The van der Waals surface area contributed by atoms with Crippen LogP contribution in [-0.4, -0.2) is 173 Å². The largest absolute Gasteiger partial charge is 0.496 e. The molecule has 0 saturated carbocycles.